The zero-order valence-corrected chi connectivity index (χ0v) is 11.9. The topological polar surface area (TPSA) is 39.9 Å². The van der Waals surface area contributed by atoms with Gasteiger partial charge in [0.05, 0.1) is 11.6 Å². The molecule has 0 radical (unpaired) electrons. The Hall–Kier alpha value is -1.56. The minimum Gasteiger partial charge on any atom is -0.354 e. The minimum absolute atomic E-state index is 0.405. The number of nitrogens with zero attached hydrogens (tertiary/aromatic N) is 3. The zero-order chi connectivity index (χ0) is 13.5. The molecule has 1 rings (SSSR count). The summed E-state index contributed by atoms with van der Waals surface area (Å²) in [7, 11) is 0. The van der Waals surface area contributed by atoms with Crippen molar-refractivity contribution >= 4 is 5.82 Å². The number of hydrogen-bond donors (Lipinski definition) is 0. The lowest BCUT2D eigenvalue weighted by molar-refractivity contribution is 0.619. The van der Waals surface area contributed by atoms with Gasteiger partial charge in [0.25, 0.3) is 0 Å². The average molecular weight is 245 g/mol. The Morgan fingerprint density at radius 3 is 2.61 bits per heavy atom. The zero-order valence-electron chi connectivity index (χ0n) is 11.9. The van der Waals surface area contributed by atoms with Crippen LogP contribution in [0.15, 0.2) is 12.1 Å². The van der Waals surface area contributed by atoms with Crippen LogP contribution in [0.4, 0.5) is 5.82 Å². The fourth-order valence-corrected chi connectivity index (χ4v) is 2.03. The van der Waals surface area contributed by atoms with Crippen molar-refractivity contribution < 1.29 is 0 Å². The summed E-state index contributed by atoms with van der Waals surface area (Å²) in [6, 6.07) is 6.32. The summed E-state index contributed by atoms with van der Waals surface area (Å²) >= 11 is 0. The number of aromatic nitrogens is 1. The number of unbranched alkanes of at least 4 members (excludes halogenated alkanes) is 2. The van der Waals surface area contributed by atoms with E-state index in [1.165, 1.54) is 19.3 Å². The van der Waals surface area contributed by atoms with E-state index in [4.69, 9.17) is 5.26 Å². The summed E-state index contributed by atoms with van der Waals surface area (Å²) in [6.07, 6.45) is 3.63. The molecule has 0 fully saturated rings. The Morgan fingerprint density at radius 2 is 2.06 bits per heavy atom. The molecule has 0 amide bonds. The maximum Gasteiger partial charge on any atom is 0.130 e. The lowest BCUT2D eigenvalue weighted by Crippen LogP contribution is -2.32. The molecule has 0 spiro atoms. The smallest absolute Gasteiger partial charge is 0.130 e. The quantitative estimate of drug-likeness (QED) is 0.718. The van der Waals surface area contributed by atoms with Gasteiger partial charge in [-0.25, -0.2) is 4.98 Å². The number of anilines is 1. The van der Waals surface area contributed by atoms with Crippen LogP contribution in [-0.2, 0) is 0 Å². The molecular weight excluding hydrogens is 222 g/mol. The van der Waals surface area contributed by atoms with E-state index in [1.54, 1.807) is 0 Å². The van der Waals surface area contributed by atoms with Crippen molar-refractivity contribution in [2.45, 2.75) is 53.0 Å². The summed E-state index contributed by atoms with van der Waals surface area (Å²) in [5, 5.41) is 9.02. The molecule has 18 heavy (non-hydrogen) atoms. The Kier molecular flexibility index (Phi) is 5.64. The van der Waals surface area contributed by atoms with Crippen LogP contribution in [0.3, 0.4) is 0 Å². The second kappa shape index (κ2) is 7.00. The van der Waals surface area contributed by atoms with Crippen LogP contribution >= 0.6 is 0 Å². The summed E-state index contributed by atoms with van der Waals surface area (Å²) in [5.74, 6) is 0.928. The van der Waals surface area contributed by atoms with Gasteiger partial charge >= 0.3 is 0 Å². The molecule has 0 unspecified atom stereocenters. The molecule has 1 aromatic rings. The van der Waals surface area contributed by atoms with Gasteiger partial charge in [0.15, 0.2) is 0 Å². The maximum absolute atomic E-state index is 9.02. The molecule has 3 nitrogen and oxygen atoms in total. The van der Waals surface area contributed by atoms with Crippen LogP contribution in [0.5, 0.6) is 0 Å². The second-order valence-electron chi connectivity index (χ2n) is 4.96. The fourth-order valence-electron chi connectivity index (χ4n) is 2.03. The van der Waals surface area contributed by atoms with Gasteiger partial charge < -0.3 is 4.90 Å². The van der Waals surface area contributed by atoms with Gasteiger partial charge in [-0.2, -0.15) is 5.26 Å². The molecular formula is C15H23N3. The number of pyridine rings is 1. The molecule has 0 aliphatic heterocycles. The molecule has 3 heteroatoms. The third-order valence-electron chi connectivity index (χ3n) is 2.99. The van der Waals surface area contributed by atoms with Crippen LogP contribution in [0.1, 0.15) is 51.3 Å². The Balaban J connectivity index is 2.91. The number of nitriles is 1. The van der Waals surface area contributed by atoms with Gasteiger partial charge in [0, 0.05) is 18.3 Å². The third kappa shape index (κ3) is 4.03. The third-order valence-corrected chi connectivity index (χ3v) is 2.99. The standard InChI is InChI=1S/C15H23N3/c1-5-6-7-8-18(12(2)3)15-10-14(11-16)9-13(4)17-15/h9-10,12H,5-8H2,1-4H3. The number of hydrogen-bond acceptors (Lipinski definition) is 3. The van der Waals surface area contributed by atoms with Crippen LogP contribution in [0, 0.1) is 18.3 Å². The van der Waals surface area contributed by atoms with Gasteiger partial charge in [-0.15, -0.1) is 0 Å². The molecule has 0 atom stereocenters. The molecule has 0 bridgehead atoms. The minimum atomic E-state index is 0.405. The highest BCUT2D eigenvalue weighted by Crippen LogP contribution is 2.18. The van der Waals surface area contributed by atoms with Crippen molar-refractivity contribution in [3.63, 3.8) is 0 Å². The van der Waals surface area contributed by atoms with E-state index in [9.17, 15) is 0 Å². The van der Waals surface area contributed by atoms with Crippen molar-refractivity contribution in [3.05, 3.63) is 23.4 Å². The lowest BCUT2D eigenvalue weighted by atomic mass is 10.2. The van der Waals surface area contributed by atoms with Gasteiger partial charge in [-0.3, -0.25) is 0 Å². The van der Waals surface area contributed by atoms with Crippen molar-refractivity contribution in [3.8, 4) is 6.07 Å². The van der Waals surface area contributed by atoms with Crippen LogP contribution in [0.25, 0.3) is 0 Å². The van der Waals surface area contributed by atoms with Gasteiger partial charge in [0.1, 0.15) is 5.82 Å². The van der Waals surface area contributed by atoms with E-state index < -0.39 is 0 Å². The van der Waals surface area contributed by atoms with E-state index in [-0.39, 0.29) is 0 Å². The molecule has 0 saturated heterocycles. The van der Waals surface area contributed by atoms with E-state index in [2.05, 4.69) is 36.7 Å². The molecule has 1 heterocycles. The monoisotopic (exact) mass is 245 g/mol. The molecule has 0 saturated carbocycles. The molecule has 0 aliphatic carbocycles. The van der Waals surface area contributed by atoms with E-state index in [1.807, 2.05) is 19.1 Å². The lowest BCUT2D eigenvalue weighted by Gasteiger charge is -2.28. The van der Waals surface area contributed by atoms with Crippen LogP contribution in [-0.4, -0.2) is 17.6 Å². The van der Waals surface area contributed by atoms with Crippen molar-refractivity contribution in [1.29, 1.82) is 5.26 Å². The Labute approximate surface area is 110 Å². The predicted molar refractivity (Wildman–Crippen MR) is 75.7 cm³/mol. The van der Waals surface area contributed by atoms with Crippen LogP contribution in [0.2, 0.25) is 0 Å². The molecule has 0 N–H and O–H groups in total. The molecule has 1 aromatic heterocycles. The number of rotatable bonds is 6. The van der Waals surface area contributed by atoms with Gasteiger partial charge in [-0.05, 0) is 39.3 Å². The molecule has 0 aliphatic rings. The highest BCUT2D eigenvalue weighted by molar-refractivity contribution is 5.47. The maximum atomic E-state index is 9.02. The van der Waals surface area contributed by atoms with Crippen molar-refractivity contribution in [1.82, 2.24) is 4.98 Å². The highest BCUT2D eigenvalue weighted by Gasteiger charge is 2.12. The fraction of sp³-hybridized carbons (Fsp3) is 0.600. The summed E-state index contributed by atoms with van der Waals surface area (Å²) in [6.45, 7) is 9.49. The number of aryl methyl sites for hydroxylation is 1. The summed E-state index contributed by atoms with van der Waals surface area (Å²) < 4.78 is 0. The van der Waals surface area contributed by atoms with E-state index >= 15 is 0 Å². The largest absolute Gasteiger partial charge is 0.354 e. The van der Waals surface area contributed by atoms with Gasteiger partial charge in [-0.1, -0.05) is 19.8 Å². The normalized spacial score (nSPS) is 10.4. The molecule has 98 valence electrons. The Bertz CT molecular complexity index is 418. The SMILES string of the molecule is CCCCCN(c1cc(C#N)cc(C)n1)C(C)C. The van der Waals surface area contributed by atoms with Crippen molar-refractivity contribution in [2.75, 3.05) is 11.4 Å². The first-order valence-electron chi connectivity index (χ1n) is 6.74. The summed E-state index contributed by atoms with van der Waals surface area (Å²) in [4.78, 5) is 6.84. The predicted octanol–water partition coefficient (Wildman–Crippen LogP) is 3.67. The molecule has 0 aromatic carbocycles. The van der Waals surface area contributed by atoms with E-state index in [0.717, 1.165) is 18.1 Å². The van der Waals surface area contributed by atoms with Crippen molar-refractivity contribution in [2.24, 2.45) is 0 Å². The van der Waals surface area contributed by atoms with Gasteiger partial charge in [0.2, 0.25) is 0 Å². The first kappa shape index (κ1) is 14.5. The average Bonchev–Trinajstić information content (AvgIpc) is 2.33. The van der Waals surface area contributed by atoms with Crippen LogP contribution < -0.4 is 4.90 Å². The highest BCUT2D eigenvalue weighted by atomic mass is 15.2. The first-order chi connectivity index (χ1) is 8.58. The summed E-state index contributed by atoms with van der Waals surface area (Å²) in [5.41, 5.74) is 1.60. The Morgan fingerprint density at radius 1 is 1.33 bits per heavy atom. The van der Waals surface area contributed by atoms with E-state index in [0.29, 0.717) is 11.6 Å². The first-order valence-corrected chi connectivity index (χ1v) is 6.74. The second-order valence-corrected chi connectivity index (χ2v) is 4.96.